The Bertz CT molecular complexity index is 1650. The molecule has 41 heavy (non-hydrogen) atoms. The number of carbonyl (C=O) groups excluding carboxylic acids is 2. The molecule has 8 nitrogen and oxygen atoms in total. The van der Waals surface area contributed by atoms with E-state index in [0.717, 1.165) is 48.3 Å². The van der Waals surface area contributed by atoms with E-state index in [4.69, 9.17) is 5.73 Å². The highest BCUT2D eigenvalue weighted by molar-refractivity contribution is 5.94. The fraction of sp³-hybridized carbons (Fsp3) is 0.233. The van der Waals surface area contributed by atoms with Gasteiger partial charge >= 0.3 is 0 Å². The Morgan fingerprint density at radius 2 is 1.90 bits per heavy atom. The van der Waals surface area contributed by atoms with Gasteiger partial charge in [-0.05, 0) is 67.1 Å². The highest BCUT2D eigenvalue weighted by atomic mass is 19.1. The zero-order valence-electron chi connectivity index (χ0n) is 22.2. The van der Waals surface area contributed by atoms with Crippen LogP contribution in [-0.2, 0) is 30.6 Å². The quantitative estimate of drug-likeness (QED) is 0.300. The largest absolute Gasteiger partial charge is 0.366 e. The Morgan fingerprint density at radius 1 is 1.12 bits per heavy atom. The SMILES string of the molecule is C/N=C/c1nn(CC(=O)NC(Cc2cc(F)cc(F)c2)c2ncccc2-c2ccc(F)c(C(N)=O)c2)c2c1CCC2. The van der Waals surface area contributed by atoms with Crippen LogP contribution in [0.4, 0.5) is 13.2 Å². The van der Waals surface area contributed by atoms with Crippen LogP contribution in [0.15, 0.2) is 59.7 Å². The van der Waals surface area contributed by atoms with Crippen LogP contribution in [-0.4, -0.2) is 39.8 Å². The number of fused-ring (bicyclic) bond motifs is 1. The molecule has 2 aromatic carbocycles. The van der Waals surface area contributed by atoms with Crippen LogP contribution < -0.4 is 11.1 Å². The van der Waals surface area contributed by atoms with Crippen molar-refractivity contribution in [2.75, 3.05) is 7.05 Å². The lowest BCUT2D eigenvalue weighted by atomic mass is 9.94. The van der Waals surface area contributed by atoms with E-state index in [1.807, 2.05) is 0 Å². The maximum absolute atomic E-state index is 14.2. The van der Waals surface area contributed by atoms with Crippen molar-refractivity contribution in [1.82, 2.24) is 20.1 Å². The number of primary amides is 1. The average molecular weight is 561 g/mol. The number of amides is 2. The van der Waals surface area contributed by atoms with Crippen LogP contribution in [0.1, 0.15) is 51.0 Å². The molecule has 1 unspecified atom stereocenters. The van der Waals surface area contributed by atoms with Gasteiger partial charge in [-0.2, -0.15) is 5.10 Å². The van der Waals surface area contributed by atoms with Gasteiger partial charge in [0.2, 0.25) is 5.91 Å². The number of hydrogen-bond acceptors (Lipinski definition) is 5. The summed E-state index contributed by atoms with van der Waals surface area (Å²) in [6.45, 7) is -0.0849. The van der Waals surface area contributed by atoms with Gasteiger partial charge < -0.3 is 11.1 Å². The summed E-state index contributed by atoms with van der Waals surface area (Å²) < 4.78 is 44.0. The summed E-state index contributed by atoms with van der Waals surface area (Å²) >= 11 is 0. The summed E-state index contributed by atoms with van der Waals surface area (Å²) in [4.78, 5) is 33.8. The molecule has 1 atom stereocenters. The number of aliphatic imine (C=N–C) groups is 1. The minimum Gasteiger partial charge on any atom is -0.366 e. The van der Waals surface area contributed by atoms with Crippen LogP contribution in [0, 0.1) is 17.5 Å². The molecule has 11 heteroatoms. The van der Waals surface area contributed by atoms with Crippen molar-refractivity contribution in [3.63, 3.8) is 0 Å². The molecular formula is C30H27F3N6O2. The second kappa shape index (κ2) is 11.7. The molecule has 1 aliphatic carbocycles. The zero-order valence-corrected chi connectivity index (χ0v) is 22.2. The first-order chi connectivity index (χ1) is 19.7. The van der Waals surface area contributed by atoms with Crippen molar-refractivity contribution in [2.24, 2.45) is 10.7 Å². The summed E-state index contributed by atoms with van der Waals surface area (Å²) in [6, 6.07) is 9.53. The molecule has 0 fully saturated rings. The molecular weight excluding hydrogens is 533 g/mol. The number of aromatic nitrogens is 3. The van der Waals surface area contributed by atoms with Crippen molar-refractivity contribution in [2.45, 2.75) is 38.3 Å². The summed E-state index contributed by atoms with van der Waals surface area (Å²) in [6.07, 6.45) is 5.78. The third kappa shape index (κ3) is 6.03. The summed E-state index contributed by atoms with van der Waals surface area (Å²) in [5.41, 5.74) is 9.39. The van der Waals surface area contributed by atoms with Gasteiger partial charge in [-0.3, -0.25) is 24.2 Å². The lowest BCUT2D eigenvalue weighted by Gasteiger charge is -2.22. The van der Waals surface area contributed by atoms with Crippen molar-refractivity contribution in [3.8, 4) is 11.1 Å². The number of nitrogens with zero attached hydrogens (tertiary/aromatic N) is 4. The number of halogens is 3. The van der Waals surface area contributed by atoms with Crippen molar-refractivity contribution >= 4 is 18.0 Å². The molecule has 210 valence electrons. The minimum atomic E-state index is -0.936. The van der Waals surface area contributed by atoms with Crippen molar-refractivity contribution in [1.29, 1.82) is 0 Å². The third-order valence-corrected chi connectivity index (χ3v) is 6.99. The fourth-order valence-corrected chi connectivity index (χ4v) is 5.27. The van der Waals surface area contributed by atoms with E-state index in [0.29, 0.717) is 22.4 Å². The van der Waals surface area contributed by atoms with Crippen molar-refractivity contribution < 1.29 is 22.8 Å². The third-order valence-electron chi connectivity index (χ3n) is 6.99. The van der Waals surface area contributed by atoms with E-state index in [2.05, 4.69) is 20.4 Å². The Kier molecular flexibility index (Phi) is 7.95. The van der Waals surface area contributed by atoms with Gasteiger partial charge in [0.1, 0.15) is 29.7 Å². The number of nitrogens with two attached hydrogens (primary N) is 1. The topological polar surface area (TPSA) is 115 Å². The molecule has 0 bridgehead atoms. The molecule has 5 rings (SSSR count). The minimum absolute atomic E-state index is 0.000733. The molecule has 0 saturated heterocycles. The molecule has 2 heterocycles. The predicted molar refractivity (Wildman–Crippen MR) is 147 cm³/mol. The number of rotatable bonds is 9. The van der Waals surface area contributed by atoms with E-state index >= 15 is 0 Å². The molecule has 0 aliphatic heterocycles. The lowest BCUT2D eigenvalue weighted by molar-refractivity contribution is -0.122. The number of hydrogen-bond donors (Lipinski definition) is 2. The maximum atomic E-state index is 14.2. The Hall–Kier alpha value is -4.80. The monoisotopic (exact) mass is 560 g/mol. The first-order valence-electron chi connectivity index (χ1n) is 13.0. The predicted octanol–water partition coefficient (Wildman–Crippen LogP) is 4.10. The highest BCUT2D eigenvalue weighted by Crippen LogP contribution is 2.31. The van der Waals surface area contributed by atoms with Crippen LogP contribution in [0.2, 0.25) is 0 Å². The van der Waals surface area contributed by atoms with E-state index in [-0.39, 0.29) is 18.5 Å². The zero-order chi connectivity index (χ0) is 29.1. The van der Waals surface area contributed by atoms with Gasteiger partial charge in [0.05, 0.1) is 17.3 Å². The highest BCUT2D eigenvalue weighted by Gasteiger charge is 2.26. The van der Waals surface area contributed by atoms with E-state index in [1.54, 1.807) is 30.1 Å². The van der Waals surface area contributed by atoms with Crippen LogP contribution >= 0.6 is 0 Å². The molecule has 4 aromatic rings. The van der Waals surface area contributed by atoms with Crippen LogP contribution in [0.3, 0.4) is 0 Å². The second-order valence-electron chi connectivity index (χ2n) is 9.81. The average Bonchev–Trinajstić information content (AvgIpc) is 3.53. The Labute approximate surface area is 234 Å². The van der Waals surface area contributed by atoms with Gasteiger partial charge in [-0.15, -0.1) is 0 Å². The van der Waals surface area contributed by atoms with Crippen LogP contribution in [0.25, 0.3) is 11.1 Å². The number of nitrogens with one attached hydrogen (secondary N) is 1. The molecule has 1 aliphatic rings. The molecule has 0 spiro atoms. The van der Waals surface area contributed by atoms with Gasteiger partial charge in [-0.1, -0.05) is 12.1 Å². The standard InChI is InChI=1S/C30H27F3N6O2/c1-35-15-26-22-4-2-6-27(22)39(38-26)16-28(40)37-25(12-17-10-19(31)14-20(32)11-17)29-21(5-3-9-36-29)18-7-8-24(33)23(13-18)30(34)41/h3,5,7-11,13-15,25H,2,4,6,12,16H2,1H3,(H2,34,41)(H,37,40)/b35-15+. The Balaban J connectivity index is 1.52. The molecule has 0 saturated carbocycles. The van der Waals surface area contributed by atoms with Crippen molar-refractivity contribution in [3.05, 3.63) is 106 Å². The second-order valence-corrected chi connectivity index (χ2v) is 9.81. The van der Waals surface area contributed by atoms with Gasteiger partial charge in [0.25, 0.3) is 5.91 Å². The van der Waals surface area contributed by atoms with E-state index in [9.17, 15) is 22.8 Å². The molecule has 3 N–H and O–H groups in total. The maximum Gasteiger partial charge on any atom is 0.251 e. The number of carbonyl (C=O) groups is 2. The lowest BCUT2D eigenvalue weighted by Crippen LogP contribution is -2.34. The van der Waals surface area contributed by atoms with E-state index < -0.39 is 35.3 Å². The van der Waals surface area contributed by atoms with Gasteiger partial charge in [0.15, 0.2) is 0 Å². The summed E-state index contributed by atoms with van der Waals surface area (Å²) in [5.74, 6) is -3.61. The first-order valence-corrected chi connectivity index (χ1v) is 13.0. The molecule has 2 aromatic heterocycles. The normalized spacial score (nSPS) is 13.4. The van der Waals surface area contributed by atoms with Gasteiger partial charge in [0, 0.05) is 42.3 Å². The Morgan fingerprint density at radius 3 is 2.63 bits per heavy atom. The van der Waals surface area contributed by atoms with Crippen LogP contribution in [0.5, 0.6) is 0 Å². The number of pyridine rings is 1. The fourth-order valence-electron chi connectivity index (χ4n) is 5.27. The van der Waals surface area contributed by atoms with E-state index in [1.165, 1.54) is 30.5 Å². The van der Waals surface area contributed by atoms with Gasteiger partial charge in [-0.25, -0.2) is 13.2 Å². The first kappa shape index (κ1) is 27.8. The summed E-state index contributed by atoms with van der Waals surface area (Å²) in [7, 11) is 1.66. The smallest absolute Gasteiger partial charge is 0.251 e. The molecule has 2 amide bonds. The number of benzene rings is 2. The molecule has 0 radical (unpaired) electrons. The summed E-state index contributed by atoms with van der Waals surface area (Å²) in [5, 5.41) is 7.51.